The molecule has 0 amide bonds. The van der Waals surface area contributed by atoms with Crippen molar-refractivity contribution in [3.63, 3.8) is 0 Å². The molecule has 3 rings (SSSR count). The van der Waals surface area contributed by atoms with Crippen molar-refractivity contribution in [1.29, 1.82) is 0 Å². The van der Waals surface area contributed by atoms with E-state index in [1.54, 1.807) is 0 Å². The lowest BCUT2D eigenvalue weighted by atomic mass is 9.77. The molecule has 0 unspecified atom stereocenters. The predicted octanol–water partition coefficient (Wildman–Crippen LogP) is 1.51. The van der Waals surface area contributed by atoms with Gasteiger partial charge in [0.05, 0.1) is 13.2 Å². The Hall–Kier alpha value is -1.39. The summed E-state index contributed by atoms with van der Waals surface area (Å²) < 4.78 is 5.11. The first kappa shape index (κ1) is 12.6. The lowest BCUT2D eigenvalue weighted by Gasteiger charge is -2.38. The normalized spacial score (nSPS) is 22.7. The van der Waals surface area contributed by atoms with E-state index in [4.69, 9.17) is 4.74 Å². The molecule has 2 aliphatic rings. The maximum atomic E-state index is 11.4. The second kappa shape index (κ2) is 4.94. The molecule has 4 nitrogen and oxygen atoms in total. The van der Waals surface area contributed by atoms with E-state index in [2.05, 4.69) is 17.4 Å². The standard InChI is InChI=1S/C15H19NO3/c17-14(18)15(9-19-10-15)13-3-1-11(2-4-13)12-5-7-16-8-6-12/h1-4,12,16H,5-10H2,(H,17,18). The Bertz CT molecular complexity index is 459. The van der Waals surface area contributed by atoms with E-state index >= 15 is 0 Å². The maximum absolute atomic E-state index is 11.4. The van der Waals surface area contributed by atoms with Crippen LogP contribution < -0.4 is 5.32 Å². The van der Waals surface area contributed by atoms with Crippen LogP contribution in [0.1, 0.15) is 29.9 Å². The molecule has 0 saturated carbocycles. The van der Waals surface area contributed by atoms with E-state index in [1.807, 2.05) is 12.1 Å². The monoisotopic (exact) mass is 261 g/mol. The largest absolute Gasteiger partial charge is 0.480 e. The van der Waals surface area contributed by atoms with Crippen LogP contribution in [0.4, 0.5) is 0 Å². The topological polar surface area (TPSA) is 58.6 Å². The van der Waals surface area contributed by atoms with Gasteiger partial charge in [-0.2, -0.15) is 0 Å². The number of aliphatic carboxylic acids is 1. The Kier molecular flexibility index (Phi) is 3.29. The number of benzene rings is 1. The zero-order valence-corrected chi connectivity index (χ0v) is 10.9. The molecule has 102 valence electrons. The van der Waals surface area contributed by atoms with Crippen molar-refractivity contribution in [3.05, 3.63) is 35.4 Å². The van der Waals surface area contributed by atoms with Gasteiger partial charge in [0.2, 0.25) is 0 Å². The van der Waals surface area contributed by atoms with Crippen molar-refractivity contribution in [3.8, 4) is 0 Å². The molecule has 0 atom stereocenters. The molecule has 0 aliphatic carbocycles. The minimum Gasteiger partial charge on any atom is -0.480 e. The number of hydrogen-bond acceptors (Lipinski definition) is 3. The van der Waals surface area contributed by atoms with Crippen molar-refractivity contribution >= 4 is 5.97 Å². The van der Waals surface area contributed by atoms with Gasteiger partial charge in [-0.25, -0.2) is 0 Å². The number of hydrogen-bond donors (Lipinski definition) is 2. The first-order valence-corrected chi connectivity index (χ1v) is 6.85. The molecule has 0 radical (unpaired) electrons. The second-order valence-corrected chi connectivity index (χ2v) is 5.53. The van der Waals surface area contributed by atoms with Gasteiger partial charge in [0.15, 0.2) is 0 Å². The minimum atomic E-state index is -0.813. The van der Waals surface area contributed by atoms with Crippen LogP contribution in [0, 0.1) is 0 Å². The highest BCUT2D eigenvalue weighted by Crippen LogP contribution is 2.34. The third-order valence-electron chi connectivity index (χ3n) is 4.38. The highest BCUT2D eigenvalue weighted by molar-refractivity contribution is 5.82. The third-order valence-corrected chi connectivity index (χ3v) is 4.38. The number of ether oxygens (including phenoxy) is 1. The summed E-state index contributed by atoms with van der Waals surface area (Å²) in [6.45, 7) is 2.71. The predicted molar refractivity (Wildman–Crippen MR) is 71.4 cm³/mol. The van der Waals surface area contributed by atoms with Crippen molar-refractivity contribution in [2.75, 3.05) is 26.3 Å². The molecule has 1 aromatic carbocycles. The highest BCUT2D eigenvalue weighted by atomic mass is 16.5. The van der Waals surface area contributed by atoms with Crippen LogP contribution in [-0.2, 0) is 14.9 Å². The maximum Gasteiger partial charge on any atom is 0.318 e. The van der Waals surface area contributed by atoms with E-state index in [9.17, 15) is 9.90 Å². The van der Waals surface area contributed by atoms with E-state index in [-0.39, 0.29) is 13.2 Å². The van der Waals surface area contributed by atoms with Gasteiger partial charge >= 0.3 is 5.97 Å². The van der Waals surface area contributed by atoms with Crippen LogP contribution in [0.25, 0.3) is 0 Å². The molecule has 2 fully saturated rings. The molecule has 19 heavy (non-hydrogen) atoms. The van der Waals surface area contributed by atoms with Crippen molar-refractivity contribution < 1.29 is 14.6 Å². The summed E-state index contributed by atoms with van der Waals surface area (Å²) in [5.41, 5.74) is 1.38. The number of piperidine rings is 1. The second-order valence-electron chi connectivity index (χ2n) is 5.53. The van der Waals surface area contributed by atoms with Gasteiger partial charge in [-0.1, -0.05) is 24.3 Å². The smallest absolute Gasteiger partial charge is 0.318 e. The average molecular weight is 261 g/mol. The zero-order chi connectivity index (χ0) is 13.3. The van der Waals surface area contributed by atoms with Crippen LogP contribution in [0.5, 0.6) is 0 Å². The van der Waals surface area contributed by atoms with Crippen LogP contribution >= 0.6 is 0 Å². The zero-order valence-electron chi connectivity index (χ0n) is 10.9. The number of carboxylic acid groups (broad SMARTS) is 1. The quantitative estimate of drug-likeness (QED) is 0.866. The summed E-state index contributed by atoms with van der Waals surface area (Å²) in [6.07, 6.45) is 2.32. The van der Waals surface area contributed by atoms with Gasteiger partial charge in [-0.05, 0) is 43.0 Å². The van der Waals surface area contributed by atoms with E-state index in [0.29, 0.717) is 5.92 Å². The number of carboxylic acids is 1. The molecular weight excluding hydrogens is 242 g/mol. The molecule has 2 saturated heterocycles. The van der Waals surface area contributed by atoms with Crippen molar-refractivity contribution in [2.24, 2.45) is 0 Å². The van der Waals surface area contributed by atoms with Gasteiger partial charge in [-0.3, -0.25) is 4.79 Å². The van der Waals surface area contributed by atoms with Gasteiger partial charge in [-0.15, -0.1) is 0 Å². The first-order valence-electron chi connectivity index (χ1n) is 6.85. The highest BCUT2D eigenvalue weighted by Gasteiger charge is 2.47. The van der Waals surface area contributed by atoms with Gasteiger partial charge < -0.3 is 15.2 Å². The van der Waals surface area contributed by atoms with E-state index < -0.39 is 11.4 Å². The molecule has 0 spiro atoms. The lowest BCUT2D eigenvalue weighted by molar-refractivity contribution is -0.163. The van der Waals surface area contributed by atoms with Crippen molar-refractivity contribution in [1.82, 2.24) is 5.32 Å². The Morgan fingerprint density at radius 1 is 1.21 bits per heavy atom. The summed E-state index contributed by atoms with van der Waals surface area (Å²) in [5.74, 6) is -0.179. The fourth-order valence-corrected chi connectivity index (χ4v) is 2.95. The van der Waals surface area contributed by atoms with Crippen LogP contribution in [0.3, 0.4) is 0 Å². The Labute approximate surface area is 112 Å². The summed E-state index contributed by atoms with van der Waals surface area (Å²) in [7, 11) is 0. The van der Waals surface area contributed by atoms with Crippen LogP contribution in [0.2, 0.25) is 0 Å². The SMILES string of the molecule is O=C(O)C1(c2ccc(C3CCNCC3)cc2)COC1. The Balaban J connectivity index is 1.80. The van der Waals surface area contributed by atoms with E-state index in [1.165, 1.54) is 5.56 Å². The van der Waals surface area contributed by atoms with E-state index in [0.717, 1.165) is 31.5 Å². The summed E-state index contributed by atoms with van der Waals surface area (Å²) in [4.78, 5) is 11.4. The third kappa shape index (κ3) is 2.15. The first-order chi connectivity index (χ1) is 9.22. The molecule has 4 heteroatoms. The summed E-state index contributed by atoms with van der Waals surface area (Å²) in [6, 6.07) is 8.12. The molecule has 2 aliphatic heterocycles. The van der Waals surface area contributed by atoms with Gasteiger partial charge in [0.1, 0.15) is 5.41 Å². The number of carbonyl (C=O) groups is 1. The fraction of sp³-hybridized carbons (Fsp3) is 0.533. The average Bonchev–Trinajstić information content (AvgIpc) is 2.39. The lowest BCUT2D eigenvalue weighted by Crippen LogP contribution is -2.53. The summed E-state index contributed by atoms with van der Waals surface area (Å²) >= 11 is 0. The van der Waals surface area contributed by atoms with Crippen LogP contribution in [-0.4, -0.2) is 37.4 Å². The summed E-state index contributed by atoms with van der Waals surface area (Å²) in [5, 5.41) is 12.7. The fourth-order valence-electron chi connectivity index (χ4n) is 2.95. The van der Waals surface area contributed by atoms with Crippen molar-refractivity contribution in [2.45, 2.75) is 24.2 Å². The van der Waals surface area contributed by atoms with Gasteiger partial charge in [0, 0.05) is 0 Å². The molecule has 1 aromatic rings. The Morgan fingerprint density at radius 2 is 1.84 bits per heavy atom. The molecule has 0 bridgehead atoms. The number of nitrogens with one attached hydrogen (secondary N) is 1. The van der Waals surface area contributed by atoms with Crippen LogP contribution in [0.15, 0.2) is 24.3 Å². The minimum absolute atomic E-state index is 0.287. The number of rotatable bonds is 3. The molecule has 0 aromatic heterocycles. The molecule has 2 heterocycles. The Morgan fingerprint density at radius 3 is 2.32 bits per heavy atom. The molecular formula is C15H19NO3. The molecule has 2 N–H and O–H groups in total. The van der Waals surface area contributed by atoms with Gasteiger partial charge in [0.25, 0.3) is 0 Å².